The number of fused-ring (bicyclic) bond motifs is 14. The van der Waals surface area contributed by atoms with Crippen LogP contribution in [0, 0.1) is 0 Å². The number of H-pyrrole nitrogens is 2. The van der Waals surface area contributed by atoms with Crippen molar-refractivity contribution in [3.63, 3.8) is 0 Å². The number of benzene rings is 2. The Morgan fingerprint density at radius 3 is 0.767 bits per heavy atom. The number of ether oxygens (including phenoxy) is 4. The van der Waals surface area contributed by atoms with E-state index in [1.165, 1.54) is 0 Å². The quantitative estimate of drug-likeness (QED) is 0.0966. The average Bonchev–Trinajstić information content (AvgIpc) is 3.90. The Bertz CT molecular complexity index is 2200. The summed E-state index contributed by atoms with van der Waals surface area (Å²) in [6.07, 6.45) is 6.47. The van der Waals surface area contributed by atoms with Gasteiger partial charge in [-0.2, -0.15) is 0 Å². The lowest BCUT2D eigenvalue weighted by molar-refractivity contribution is 0.236. The molecule has 3 aromatic heterocycles. The Kier molecular flexibility index (Phi) is 12.8. The normalized spacial score (nSPS) is 12.1. The van der Waals surface area contributed by atoms with Crippen LogP contribution < -0.4 is 18.9 Å². The number of aromatic nitrogens is 8. The van der Waals surface area contributed by atoms with Gasteiger partial charge in [-0.1, -0.05) is 53.4 Å². The topological polar surface area (TPSA) is 146 Å². The van der Waals surface area contributed by atoms with Crippen molar-refractivity contribution in [1.82, 2.24) is 39.9 Å². The van der Waals surface area contributed by atoms with Crippen LogP contribution in [0.25, 0.3) is 68.1 Å². The van der Waals surface area contributed by atoms with Gasteiger partial charge in [-0.15, -0.1) is 0 Å². The monoisotopic (exact) mass is 814 g/mol. The van der Waals surface area contributed by atoms with Gasteiger partial charge in [-0.25, -0.2) is 29.9 Å². The number of nitrogens with zero attached hydrogens (tertiary/aromatic N) is 6. The van der Waals surface area contributed by atoms with Crippen molar-refractivity contribution in [2.24, 2.45) is 0 Å². The summed E-state index contributed by atoms with van der Waals surface area (Å²) in [5.41, 5.74) is 10.2. The Morgan fingerprint density at radius 1 is 0.367 bits per heavy atom. The lowest BCUT2D eigenvalue weighted by Gasteiger charge is -2.17. The van der Waals surface area contributed by atoms with E-state index in [0.29, 0.717) is 68.9 Å². The first-order valence-corrected chi connectivity index (χ1v) is 22.1. The SMILES string of the molecule is CCCc1c(CCC)c2nc3nc(nc4[nH]c(nc5nc(nc1[nH]2)-c1c(OC(C)C)ccc(OC(C)C)c1-5)c(CCC)c4CCC)-c1c(OC(C)C)ccc(OC(C)C)c1-3. The molecule has 12 heteroatoms. The summed E-state index contributed by atoms with van der Waals surface area (Å²) in [5.74, 6) is 4.67. The smallest absolute Gasteiger partial charge is 0.168 e. The van der Waals surface area contributed by atoms with Crippen molar-refractivity contribution >= 4 is 22.6 Å². The summed E-state index contributed by atoms with van der Waals surface area (Å²) in [4.78, 5) is 39.5. The molecule has 0 aliphatic carbocycles. The van der Waals surface area contributed by atoms with E-state index in [4.69, 9.17) is 48.9 Å². The number of hydrogen-bond donors (Lipinski definition) is 2. The van der Waals surface area contributed by atoms with Gasteiger partial charge in [-0.3, -0.25) is 0 Å². The van der Waals surface area contributed by atoms with Crippen LogP contribution in [-0.4, -0.2) is 64.3 Å². The Balaban J connectivity index is 1.72. The van der Waals surface area contributed by atoms with Crippen LogP contribution in [0.4, 0.5) is 0 Å². The first kappa shape index (κ1) is 42.6. The molecule has 7 rings (SSSR count). The van der Waals surface area contributed by atoms with Crippen molar-refractivity contribution in [2.45, 2.75) is 159 Å². The van der Waals surface area contributed by atoms with Gasteiger partial charge in [0.05, 0.1) is 46.7 Å². The summed E-state index contributed by atoms with van der Waals surface area (Å²) in [7, 11) is 0. The maximum absolute atomic E-state index is 6.51. The van der Waals surface area contributed by atoms with Crippen LogP contribution in [0.15, 0.2) is 24.3 Å². The van der Waals surface area contributed by atoms with Crippen LogP contribution in [0.3, 0.4) is 0 Å². The first-order valence-electron chi connectivity index (χ1n) is 22.1. The van der Waals surface area contributed by atoms with E-state index in [-0.39, 0.29) is 24.4 Å². The summed E-state index contributed by atoms with van der Waals surface area (Å²) >= 11 is 0. The molecule has 2 aliphatic heterocycles. The lowest BCUT2D eigenvalue weighted by Crippen LogP contribution is -2.09. The Morgan fingerprint density at radius 2 is 0.583 bits per heavy atom. The summed E-state index contributed by atoms with van der Waals surface area (Å²) < 4.78 is 26.0. The molecule has 2 N–H and O–H groups in total. The van der Waals surface area contributed by atoms with E-state index in [1.54, 1.807) is 0 Å². The van der Waals surface area contributed by atoms with E-state index >= 15 is 0 Å². The maximum atomic E-state index is 6.51. The van der Waals surface area contributed by atoms with Crippen LogP contribution in [0.5, 0.6) is 23.0 Å². The molecule has 5 heterocycles. The van der Waals surface area contributed by atoms with Gasteiger partial charge in [0.1, 0.15) is 45.6 Å². The third-order valence-corrected chi connectivity index (χ3v) is 10.2. The average molecular weight is 815 g/mol. The van der Waals surface area contributed by atoms with E-state index in [9.17, 15) is 0 Å². The molecule has 5 aromatic rings. The zero-order valence-corrected chi connectivity index (χ0v) is 37.6. The minimum Gasteiger partial charge on any atom is -0.490 e. The predicted molar refractivity (Wildman–Crippen MR) is 240 cm³/mol. The second-order valence-corrected chi connectivity index (χ2v) is 16.8. The maximum Gasteiger partial charge on any atom is 0.168 e. The zero-order chi connectivity index (χ0) is 42.8. The highest BCUT2D eigenvalue weighted by Crippen LogP contribution is 2.49. The minimum absolute atomic E-state index is 0.0922. The highest BCUT2D eigenvalue weighted by molar-refractivity contribution is 5.93. The largest absolute Gasteiger partial charge is 0.490 e. The van der Waals surface area contributed by atoms with E-state index in [0.717, 1.165) is 95.9 Å². The Hall–Kier alpha value is -5.52. The number of hydrogen-bond acceptors (Lipinski definition) is 10. The van der Waals surface area contributed by atoms with Crippen LogP contribution in [-0.2, 0) is 25.7 Å². The summed E-state index contributed by atoms with van der Waals surface area (Å²) in [6.45, 7) is 25.0. The van der Waals surface area contributed by atoms with Gasteiger partial charge in [0.25, 0.3) is 0 Å². The molecule has 0 fully saturated rings. The van der Waals surface area contributed by atoms with Crippen molar-refractivity contribution in [3.05, 3.63) is 46.5 Å². The first-order chi connectivity index (χ1) is 28.8. The molecule has 318 valence electrons. The molecule has 0 atom stereocenters. The molecule has 0 amide bonds. The van der Waals surface area contributed by atoms with Gasteiger partial charge in [-0.05, 0) is 105 Å². The standard InChI is InChI=1S/C48H62N8O4/c1-13-17-29-30(18-14-2)42-49-41(29)51-45-37-33(57-25(5)6)21-22-34(58-26(7)8)38(37)47(55-45)53-43-31(19-15-3)32(20-16-4)44(50-43)54-48-40-36(60-28(11)12)24-23-35(59-27(9)10)39(40)46(52-42)56-48/h21-28H,13-20H2,1-12H3,(H2,49,50,51,52,53,54,55,56). The molecule has 2 aromatic carbocycles. The van der Waals surface area contributed by atoms with Crippen LogP contribution in [0.2, 0.25) is 0 Å². The zero-order valence-electron chi connectivity index (χ0n) is 37.6. The molecule has 0 spiro atoms. The van der Waals surface area contributed by atoms with E-state index < -0.39 is 0 Å². The molecule has 60 heavy (non-hydrogen) atoms. The summed E-state index contributed by atoms with van der Waals surface area (Å²) in [5, 5.41) is 0. The Labute approximate surface area is 354 Å². The van der Waals surface area contributed by atoms with E-state index in [2.05, 4.69) is 37.7 Å². The third-order valence-electron chi connectivity index (χ3n) is 10.2. The van der Waals surface area contributed by atoms with E-state index in [1.807, 2.05) is 79.7 Å². The summed E-state index contributed by atoms with van der Waals surface area (Å²) in [6, 6.07) is 7.85. The molecular weight excluding hydrogens is 753 g/mol. The molecule has 0 radical (unpaired) electrons. The van der Waals surface area contributed by atoms with Crippen LogP contribution >= 0.6 is 0 Å². The highest BCUT2D eigenvalue weighted by Gasteiger charge is 2.32. The lowest BCUT2D eigenvalue weighted by atomic mass is 10.0. The third kappa shape index (κ3) is 8.43. The van der Waals surface area contributed by atoms with Gasteiger partial charge in [0.15, 0.2) is 23.3 Å². The van der Waals surface area contributed by atoms with Crippen molar-refractivity contribution in [2.75, 3.05) is 0 Å². The number of aromatic amines is 2. The second kappa shape index (κ2) is 18.0. The molecule has 0 unspecified atom stereocenters. The van der Waals surface area contributed by atoms with Gasteiger partial charge < -0.3 is 28.9 Å². The van der Waals surface area contributed by atoms with Gasteiger partial charge in [0.2, 0.25) is 0 Å². The van der Waals surface area contributed by atoms with Crippen molar-refractivity contribution in [1.29, 1.82) is 0 Å². The van der Waals surface area contributed by atoms with Crippen molar-refractivity contribution in [3.8, 4) is 68.5 Å². The fraction of sp³-hybridized carbons (Fsp3) is 0.500. The second-order valence-electron chi connectivity index (χ2n) is 16.8. The number of nitrogens with one attached hydrogen (secondary N) is 2. The van der Waals surface area contributed by atoms with Crippen LogP contribution in [0.1, 0.15) is 131 Å². The number of aryl methyl sites for hydroxylation is 4. The van der Waals surface area contributed by atoms with Crippen molar-refractivity contribution < 1.29 is 18.9 Å². The fourth-order valence-electron chi connectivity index (χ4n) is 8.15. The molecular formula is C48H62N8O4. The minimum atomic E-state index is -0.0922. The highest BCUT2D eigenvalue weighted by atomic mass is 16.5. The van der Waals surface area contributed by atoms with Gasteiger partial charge >= 0.3 is 0 Å². The fourth-order valence-corrected chi connectivity index (χ4v) is 8.15. The molecule has 0 saturated carbocycles. The number of rotatable bonds is 16. The molecule has 8 bridgehead atoms. The molecule has 12 nitrogen and oxygen atoms in total. The molecule has 2 aliphatic rings. The predicted octanol–water partition coefficient (Wildman–Crippen LogP) is 11.5. The van der Waals surface area contributed by atoms with Gasteiger partial charge in [0, 0.05) is 22.3 Å². The molecule has 0 saturated heterocycles.